The van der Waals surface area contributed by atoms with E-state index in [0.29, 0.717) is 11.4 Å². The first-order valence-electron chi connectivity index (χ1n) is 24.7. The average molecular weight is 809 g/mol. The zero-order chi connectivity index (χ0) is 47.6. The zero-order valence-electron chi connectivity index (χ0n) is 40.8. The molecule has 294 valence electrons. The topological polar surface area (TPSA) is 16.4 Å². The normalized spacial score (nSPS) is 14.7. The molecule has 63 heavy (non-hydrogen) atoms. The van der Waals surface area contributed by atoms with Gasteiger partial charge in [0.25, 0.3) is 0 Å². The Balaban J connectivity index is 1.20. The summed E-state index contributed by atoms with van der Waals surface area (Å²) in [4.78, 5) is 1.97. The summed E-state index contributed by atoms with van der Waals surface area (Å²) < 4.78 is 70.4. The minimum absolute atomic E-state index is 0.00839. The van der Waals surface area contributed by atoms with Gasteiger partial charge in [0.15, 0.2) is 5.58 Å². The first kappa shape index (κ1) is 29.1. The summed E-state index contributed by atoms with van der Waals surface area (Å²) in [5.41, 5.74) is 15.1. The highest BCUT2D eigenvalue weighted by Crippen LogP contribution is 2.64. The van der Waals surface area contributed by atoms with Gasteiger partial charge in [-0.15, -0.1) is 0 Å². The first-order valence-corrected chi connectivity index (χ1v) is 21.2. The van der Waals surface area contributed by atoms with Crippen molar-refractivity contribution in [2.45, 2.75) is 5.41 Å². The highest BCUT2D eigenvalue weighted by Gasteiger charge is 2.52. The molecule has 0 amide bonds. The third-order valence-electron chi connectivity index (χ3n) is 13.0. The monoisotopic (exact) mass is 808 g/mol. The van der Waals surface area contributed by atoms with Crippen LogP contribution in [-0.4, -0.2) is 0 Å². The highest BCUT2D eigenvalue weighted by molar-refractivity contribution is 6.11. The molecule has 2 aliphatic rings. The molecule has 2 heterocycles. The van der Waals surface area contributed by atoms with Crippen LogP contribution in [0.2, 0.25) is 0 Å². The maximum absolute atomic E-state index is 9.86. The van der Waals surface area contributed by atoms with Gasteiger partial charge in [0.1, 0.15) is 5.58 Å². The van der Waals surface area contributed by atoms with Crippen molar-refractivity contribution in [3.8, 4) is 55.6 Å². The van der Waals surface area contributed by atoms with E-state index in [1.807, 2.05) is 41.3 Å². The van der Waals surface area contributed by atoms with E-state index in [0.717, 1.165) is 77.9 Å². The fourth-order valence-corrected chi connectivity index (χ4v) is 10.4. The summed E-state index contributed by atoms with van der Waals surface area (Å²) in [6.07, 6.45) is 0. The Hall–Kier alpha value is -8.20. The summed E-state index contributed by atoms with van der Waals surface area (Å²) >= 11 is 0. The van der Waals surface area contributed by atoms with E-state index in [2.05, 4.69) is 158 Å². The molecule has 1 aliphatic carbocycles. The molecular weight excluding hydrogens is 763 g/mol. The molecule has 11 aromatic rings. The molecule has 2 heteroatoms. The summed E-state index contributed by atoms with van der Waals surface area (Å²) in [5, 5.41) is 0.0637. The Morgan fingerprint density at radius 3 is 1.33 bits per heavy atom. The van der Waals surface area contributed by atoms with Crippen LogP contribution in [0.1, 0.15) is 31.8 Å². The fraction of sp³-hybridized carbons (Fsp3) is 0.0164. The Labute approximate surface area is 376 Å². The molecule has 0 N–H and O–H groups in total. The molecule has 0 radical (unpaired) electrons. The minimum Gasteiger partial charge on any atom is -0.454 e. The van der Waals surface area contributed by atoms with E-state index >= 15 is 0 Å². The Morgan fingerprint density at radius 2 is 0.794 bits per heavy atom. The predicted octanol–water partition coefficient (Wildman–Crippen LogP) is 16.4. The van der Waals surface area contributed by atoms with Gasteiger partial charge in [0, 0.05) is 10.8 Å². The molecule has 0 saturated carbocycles. The maximum Gasteiger partial charge on any atom is 0.159 e. The second kappa shape index (κ2) is 13.9. The Morgan fingerprint density at radius 1 is 0.349 bits per heavy atom. The lowest BCUT2D eigenvalue weighted by atomic mass is 9.64. The van der Waals surface area contributed by atoms with Crippen LogP contribution in [0.4, 0.5) is 17.1 Å². The molecule has 0 fully saturated rings. The number of nitrogens with zero attached hydrogens (tertiary/aromatic N) is 1. The van der Waals surface area contributed by atoms with Crippen molar-refractivity contribution in [3.63, 3.8) is 0 Å². The lowest BCUT2D eigenvalue weighted by Crippen LogP contribution is -2.36. The van der Waals surface area contributed by atoms with Gasteiger partial charge in [-0.3, -0.25) is 0 Å². The van der Waals surface area contributed by atoms with Gasteiger partial charge in [-0.05, 0) is 114 Å². The number of benzene rings is 10. The zero-order valence-corrected chi connectivity index (χ0v) is 33.8. The average Bonchev–Trinajstić information content (AvgIpc) is 3.96. The smallest absolute Gasteiger partial charge is 0.159 e. The number of anilines is 3. The molecule has 1 spiro atoms. The number of hydrogen-bond acceptors (Lipinski definition) is 2. The van der Waals surface area contributed by atoms with Gasteiger partial charge in [0.2, 0.25) is 0 Å². The van der Waals surface area contributed by atoms with Crippen LogP contribution >= 0.6 is 0 Å². The molecule has 1 aliphatic heterocycles. The van der Waals surface area contributed by atoms with Gasteiger partial charge in [0.05, 0.1) is 32.1 Å². The number of rotatable bonds is 5. The first-order chi connectivity index (χ1) is 34.2. The highest BCUT2D eigenvalue weighted by atomic mass is 16.3. The van der Waals surface area contributed by atoms with Crippen LogP contribution < -0.4 is 4.90 Å². The minimum atomic E-state index is -0.943. The van der Waals surface area contributed by atoms with Crippen molar-refractivity contribution in [1.29, 1.82) is 0 Å². The van der Waals surface area contributed by atoms with Crippen LogP contribution in [0, 0.1) is 0 Å². The van der Waals surface area contributed by atoms with Gasteiger partial charge in [-0.25, -0.2) is 0 Å². The number of furan rings is 1. The van der Waals surface area contributed by atoms with E-state index < -0.39 is 23.5 Å². The van der Waals surface area contributed by atoms with Gasteiger partial charge < -0.3 is 9.32 Å². The number of para-hydroxylation sites is 2. The van der Waals surface area contributed by atoms with Gasteiger partial charge in [-0.2, -0.15) is 0 Å². The van der Waals surface area contributed by atoms with E-state index in [1.165, 1.54) is 0 Å². The lowest BCUT2D eigenvalue weighted by molar-refractivity contribution is 0.668. The molecule has 2 nitrogen and oxygen atoms in total. The van der Waals surface area contributed by atoms with Crippen LogP contribution in [0.5, 0.6) is 0 Å². The van der Waals surface area contributed by atoms with E-state index in [1.54, 1.807) is 0 Å². The standard InChI is InChI=1S/C61H39NO/c1-3-18-40(19-4-1)44-22-7-9-24-46(44)42-34-36-56-54(38-42)61(52-30-14-11-26-48(52)49-27-12-15-31-53(49)61)55-39-43(47-25-10-8-23-45(47)41-20-5-2-6-21-41)35-37-57(55)62(56)58-32-17-29-51-50-28-13-16-33-59(50)63-60(51)58/h1-39H/i13D,16D,17D,28D,29D,32D,33D. The van der Waals surface area contributed by atoms with E-state index in [-0.39, 0.29) is 51.8 Å². The van der Waals surface area contributed by atoms with Crippen molar-refractivity contribution >= 4 is 39.0 Å². The summed E-state index contributed by atoms with van der Waals surface area (Å²) in [5.74, 6) is 0. The Bertz CT molecular complexity index is 3810. The molecule has 0 saturated heterocycles. The lowest BCUT2D eigenvalue weighted by Gasteiger charge is -2.45. The Kier molecular flexibility index (Phi) is 6.43. The van der Waals surface area contributed by atoms with Crippen molar-refractivity contribution in [2.75, 3.05) is 4.90 Å². The third-order valence-corrected chi connectivity index (χ3v) is 13.0. The number of fused-ring (bicyclic) bond motifs is 12. The molecule has 0 bridgehead atoms. The van der Waals surface area contributed by atoms with Crippen molar-refractivity contribution < 1.29 is 14.0 Å². The van der Waals surface area contributed by atoms with Crippen LogP contribution in [0.3, 0.4) is 0 Å². The maximum atomic E-state index is 9.86. The molecule has 0 unspecified atom stereocenters. The van der Waals surface area contributed by atoms with Crippen LogP contribution in [0.15, 0.2) is 241 Å². The third kappa shape index (κ3) is 5.19. The molecule has 13 rings (SSSR count). The molecule has 0 atom stereocenters. The van der Waals surface area contributed by atoms with E-state index in [4.69, 9.17) is 9.90 Å². The SMILES string of the molecule is [2H]c1c([2H])c([2H])c2c(oc3c(N4c5ccc(-c6ccccc6-c6ccccc6)cc5C5(c6ccccc6-c6ccccc65)c5cc(-c6ccccc6-c6ccccc6)ccc54)c([2H])c([2H])c([2H])c32)c1[2H]. The molecule has 10 aromatic carbocycles. The summed E-state index contributed by atoms with van der Waals surface area (Å²) in [6.45, 7) is 0. The second-order valence-corrected chi connectivity index (χ2v) is 16.2. The molecular formula is C61H39NO. The second-order valence-electron chi connectivity index (χ2n) is 16.2. The quantitative estimate of drug-likeness (QED) is 0.172. The van der Waals surface area contributed by atoms with Gasteiger partial charge >= 0.3 is 0 Å². The van der Waals surface area contributed by atoms with Gasteiger partial charge in [-0.1, -0.05) is 200 Å². The van der Waals surface area contributed by atoms with Crippen LogP contribution in [-0.2, 0) is 5.41 Å². The van der Waals surface area contributed by atoms with Crippen LogP contribution in [0.25, 0.3) is 77.6 Å². The largest absolute Gasteiger partial charge is 0.454 e. The predicted molar refractivity (Wildman–Crippen MR) is 261 cm³/mol. The van der Waals surface area contributed by atoms with Crippen molar-refractivity contribution in [1.82, 2.24) is 0 Å². The fourth-order valence-electron chi connectivity index (χ4n) is 10.4. The van der Waals surface area contributed by atoms with Crippen molar-refractivity contribution in [3.05, 3.63) is 259 Å². The van der Waals surface area contributed by atoms with E-state index in [9.17, 15) is 4.11 Å². The summed E-state index contributed by atoms with van der Waals surface area (Å²) in [6, 6.07) is 64.9. The number of hydrogen-bond donors (Lipinski definition) is 0. The molecule has 1 aromatic heterocycles. The summed E-state index contributed by atoms with van der Waals surface area (Å²) in [7, 11) is 0. The van der Waals surface area contributed by atoms with Crippen molar-refractivity contribution in [2.24, 2.45) is 0 Å².